The maximum Gasteiger partial charge on any atom is 0.253 e. The highest BCUT2D eigenvalue weighted by atomic mass is 32.1. The summed E-state index contributed by atoms with van der Waals surface area (Å²) in [6.07, 6.45) is 2.32. The number of nitrogens with zero attached hydrogens (tertiary/aromatic N) is 1. The molecule has 5 rings (SSSR count). The molecule has 2 atom stereocenters. The molecule has 0 aliphatic carbocycles. The van der Waals surface area contributed by atoms with E-state index in [0.717, 1.165) is 33.6 Å². The van der Waals surface area contributed by atoms with Gasteiger partial charge in [-0.1, -0.05) is 12.1 Å². The first-order chi connectivity index (χ1) is 15.2. The third-order valence-corrected chi connectivity index (χ3v) is 6.54. The molecule has 0 unspecified atom stereocenters. The Labute approximate surface area is 183 Å². The summed E-state index contributed by atoms with van der Waals surface area (Å²) in [5.74, 6) is -0.342. The lowest BCUT2D eigenvalue weighted by molar-refractivity contribution is -0.125. The summed E-state index contributed by atoms with van der Waals surface area (Å²) in [4.78, 5) is 29.9. The van der Waals surface area contributed by atoms with Crippen LogP contribution < -0.4 is 10.6 Å². The van der Waals surface area contributed by atoms with Crippen LogP contribution in [0.15, 0.2) is 42.5 Å². The number of carbonyl (C=O) groups excluding carboxylic acids is 2. The Balaban J connectivity index is 1.46. The Hall–Kier alpha value is -2.81. The molecule has 2 aliphatic heterocycles. The van der Waals surface area contributed by atoms with Crippen molar-refractivity contribution in [3.8, 4) is 10.6 Å². The molecule has 3 aromatic rings. The largest absolute Gasteiger partial charge is 0.368 e. The minimum Gasteiger partial charge on any atom is -0.368 e. The number of aromatic nitrogens is 1. The number of fused-ring (bicyclic) bond motifs is 1. The van der Waals surface area contributed by atoms with Gasteiger partial charge in [0.15, 0.2) is 0 Å². The number of rotatable bonds is 5. The fourth-order valence-corrected chi connectivity index (χ4v) is 4.86. The second-order valence-corrected chi connectivity index (χ2v) is 8.80. The van der Waals surface area contributed by atoms with E-state index in [9.17, 15) is 9.59 Å². The van der Waals surface area contributed by atoms with Gasteiger partial charge in [-0.15, -0.1) is 11.3 Å². The van der Waals surface area contributed by atoms with Crippen LogP contribution in [-0.4, -0.2) is 42.2 Å². The van der Waals surface area contributed by atoms with Gasteiger partial charge in [-0.3, -0.25) is 9.59 Å². The van der Waals surface area contributed by atoms with Gasteiger partial charge in [0.2, 0.25) is 0 Å². The average Bonchev–Trinajstić information content (AvgIpc) is 3.55. The van der Waals surface area contributed by atoms with E-state index < -0.39 is 12.2 Å². The van der Waals surface area contributed by atoms with Gasteiger partial charge in [0.1, 0.15) is 17.2 Å². The second kappa shape index (κ2) is 8.74. The standard InChI is InChI=1S/C23H23N3O4S/c27-21(18-6-3-9-29-18)24-15-11-14(23-26-17-5-1-2-8-20(17)31-23)12-16(13-15)25-22(28)19-7-4-10-30-19/h1-2,5,8,11-13,18-19H,3-4,6-7,9-10H2,(H,24,27)(H,25,28)/t18-,19+. The summed E-state index contributed by atoms with van der Waals surface area (Å²) < 4.78 is 12.1. The molecule has 0 radical (unpaired) electrons. The number of thiazole rings is 1. The summed E-state index contributed by atoms with van der Waals surface area (Å²) in [7, 11) is 0. The molecule has 2 fully saturated rings. The van der Waals surface area contributed by atoms with Crippen LogP contribution in [-0.2, 0) is 19.1 Å². The maximum atomic E-state index is 12.6. The van der Waals surface area contributed by atoms with Crippen molar-refractivity contribution in [3.05, 3.63) is 42.5 Å². The van der Waals surface area contributed by atoms with Crippen molar-refractivity contribution in [2.24, 2.45) is 0 Å². The number of nitrogens with one attached hydrogen (secondary N) is 2. The third kappa shape index (κ3) is 4.46. The number of para-hydroxylation sites is 1. The van der Waals surface area contributed by atoms with Crippen LogP contribution in [0.3, 0.4) is 0 Å². The second-order valence-electron chi connectivity index (χ2n) is 7.77. The first-order valence-corrected chi connectivity index (χ1v) is 11.3. The monoisotopic (exact) mass is 437 g/mol. The smallest absolute Gasteiger partial charge is 0.253 e. The zero-order valence-electron chi connectivity index (χ0n) is 16.9. The van der Waals surface area contributed by atoms with Crippen molar-refractivity contribution in [3.63, 3.8) is 0 Å². The van der Waals surface area contributed by atoms with Gasteiger partial charge in [-0.25, -0.2) is 4.98 Å². The lowest BCUT2D eigenvalue weighted by Gasteiger charge is -2.15. The summed E-state index contributed by atoms with van der Waals surface area (Å²) >= 11 is 1.57. The van der Waals surface area contributed by atoms with E-state index in [1.807, 2.05) is 36.4 Å². The molecule has 2 saturated heterocycles. The molecule has 2 amide bonds. The van der Waals surface area contributed by atoms with Crippen LogP contribution in [0.2, 0.25) is 0 Å². The van der Waals surface area contributed by atoms with E-state index in [0.29, 0.717) is 37.4 Å². The highest BCUT2D eigenvalue weighted by molar-refractivity contribution is 7.21. The molecular formula is C23H23N3O4S. The molecule has 0 spiro atoms. The van der Waals surface area contributed by atoms with Gasteiger partial charge < -0.3 is 20.1 Å². The van der Waals surface area contributed by atoms with Crippen molar-refractivity contribution >= 4 is 44.7 Å². The van der Waals surface area contributed by atoms with Gasteiger partial charge in [0.05, 0.1) is 10.2 Å². The van der Waals surface area contributed by atoms with Crippen LogP contribution in [0.1, 0.15) is 25.7 Å². The van der Waals surface area contributed by atoms with Crippen LogP contribution >= 0.6 is 11.3 Å². The Morgan fingerprint density at radius 3 is 2.06 bits per heavy atom. The molecule has 1 aromatic heterocycles. The van der Waals surface area contributed by atoms with Crippen LogP contribution in [0.4, 0.5) is 11.4 Å². The molecule has 8 heteroatoms. The Morgan fingerprint density at radius 1 is 0.903 bits per heavy atom. The molecule has 0 saturated carbocycles. The average molecular weight is 438 g/mol. The third-order valence-electron chi connectivity index (χ3n) is 5.45. The van der Waals surface area contributed by atoms with Gasteiger partial charge in [-0.2, -0.15) is 0 Å². The van der Waals surface area contributed by atoms with Crippen molar-refractivity contribution in [1.82, 2.24) is 4.98 Å². The predicted molar refractivity (Wildman–Crippen MR) is 120 cm³/mol. The molecule has 7 nitrogen and oxygen atoms in total. The number of amides is 2. The van der Waals surface area contributed by atoms with Crippen molar-refractivity contribution < 1.29 is 19.1 Å². The highest BCUT2D eigenvalue weighted by Crippen LogP contribution is 2.34. The van der Waals surface area contributed by atoms with Gasteiger partial charge >= 0.3 is 0 Å². The lowest BCUT2D eigenvalue weighted by atomic mass is 10.1. The molecule has 2 N–H and O–H groups in total. The highest BCUT2D eigenvalue weighted by Gasteiger charge is 2.25. The van der Waals surface area contributed by atoms with E-state index in [2.05, 4.69) is 10.6 Å². The van der Waals surface area contributed by atoms with Crippen molar-refractivity contribution in [1.29, 1.82) is 0 Å². The van der Waals surface area contributed by atoms with E-state index >= 15 is 0 Å². The number of hydrogen-bond donors (Lipinski definition) is 2. The van der Waals surface area contributed by atoms with Gasteiger partial charge in [0.25, 0.3) is 11.8 Å². The van der Waals surface area contributed by atoms with Crippen LogP contribution in [0.5, 0.6) is 0 Å². The summed E-state index contributed by atoms with van der Waals surface area (Å²) in [6.45, 7) is 1.21. The minimum absolute atomic E-state index is 0.171. The topological polar surface area (TPSA) is 89.6 Å². The quantitative estimate of drug-likeness (QED) is 0.625. The fraction of sp³-hybridized carbons (Fsp3) is 0.348. The molecule has 160 valence electrons. The minimum atomic E-state index is -0.434. The normalized spacial score (nSPS) is 20.8. The van der Waals surface area contributed by atoms with E-state index in [4.69, 9.17) is 14.5 Å². The molecule has 31 heavy (non-hydrogen) atoms. The summed E-state index contributed by atoms with van der Waals surface area (Å²) in [5, 5.41) is 6.70. The summed E-state index contributed by atoms with van der Waals surface area (Å²) in [6, 6.07) is 13.5. The fourth-order valence-electron chi connectivity index (χ4n) is 3.91. The number of ether oxygens (including phenoxy) is 2. The Morgan fingerprint density at radius 2 is 1.52 bits per heavy atom. The van der Waals surface area contributed by atoms with Gasteiger partial charge in [-0.05, 0) is 56.0 Å². The zero-order valence-corrected chi connectivity index (χ0v) is 17.7. The lowest BCUT2D eigenvalue weighted by Crippen LogP contribution is -2.28. The number of carbonyl (C=O) groups is 2. The number of anilines is 2. The van der Waals surface area contributed by atoms with Crippen LogP contribution in [0, 0.1) is 0 Å². The first kappa shape index (κ1) is 20.1. The van der Waals surface area contributed by atoms with Crippen molar-refractivity contribution in [2.45, 2.75) is 37.9 Å². The molecule has 0 bridgehead atoms. The predicted octanol–water partition coefficient (Wildman–Crippen LogP) is 4.20. The van der Waals surface area contributed by atoms with Crippen LogP contribution in [0.25, 0.3) is 20.8 Å². The zero-order chi connectivity index (χ0) is 21.2. The number of hydrogen-bond acceptors (Lipinski definition) is 6. The van der Waals surface area contributed by atoms with E-state index in [-0.39, 0.29) is 11.8 Å². The number of benzene rings is 2. The molecule has 2 aliphatic rings. The molecule has 2 aromatic carbocycles. The van der Waals surface area contributed by atoms with E-state index in [1.165, 1.54) is 0 Å². The molecular weight excluding hydrogens is 414 g/mol. The SMILES string of the molecule is O=C(Nc1cc(NC(=O)[C@H]2CCCO2)cc(-c2nc3ccccc3s2)c1)[C@@H]1CCCO1. The maximum absolute atomic E-state index is 12.6. The van der Waals surface area contributed by atoms with Crippen molar-refractivity contribution in [2.75, 3.05) is 23.8 Å². The van der Waals surface area contributed by atoms with E-state index in [1.54, 1.807) is 17.4 Å². The summed E-state index contributed by atoms with van der Waals surface area (Å²) in [5.41, 5.74) is 2.94. The first-order valence-electron chi connectivity index (χ1n) is 10.5. The Kier molecular flexibility index (Phi) is 5.67. The Bertz CT molecular complexity index is 1040. The molecule has 3 heterocycles. The van der Waals surface area contributed by atoms with Gasteiger partial charge in [0, 0.05) is 30.2 Å².